The van der Waals surface area contributed by atoms with Gasteiger partial charge in [0.25, 0.3) is 11.8 Å². The Morgan fingerprint density at radius 1 is 0.963 bits per heavy atom. The first kappa shape index (κ1) is 20.2. The molecule has 2 N–H and O–H groups in total. The lowest BCUT2D eigenvalue weighted by atomic mass is 10.1. The summed E-state index contributed by atoms with van der Waals surface area (Å²) < 4.78 is 0. The average molecular weight is 368 g/mol. The van der Waals surface area contributed by atoms with Crippen LogP contribution in [0.25, 0.3) is 0 Å². The molecule has 0 aliphatic heterocycles. The standard InChI is InChI=1S/C21H24N2O4/c1-15(2)22-20(26)17-8-10-18(11-9-17)21(27)23(14-19(24)25)13-12-16-6-4-3-5-7-16/h3-11,15H,12-14H2,1-2H3,(H,22,26)(H,24,25). The van der Waals surface area contributed by atoms with Crippen molar-refractivity contribution >= 4 is 17.8 Å². The quantitative estimate of drug-likeness (QED) is 0.750. The summed E-state index contributed by atoms with van der Waals surface area (Å²) in [4.78, 5) is 37.2. The lowest BCUT2D eigenvalue weighted by molar-refractivity contribution is -0.137. The number of nitrogens with zero attached hydrogens (tertiary/aromatic N) is 1. The molecule has 27 heavy (non-hydrogen) atoms. The van der Waals surface area contributed by atoms with Gasteiger partial charge in [-0.25, -0.2) is 0 Å². The highest BCUT2D eigenvalue weighted by Gasteiger charge is 2.19. The van der Waals surface area contributed by atoms with Crippen LogP contribution in [0.1, 0.15) is 40.1 Å². The van der Waals surface area contributed by atoms with Crippen molar-refractivity contribution in [2.24, 2.45) is 0 Å². The van der Waals surface area contributed by atoms with E-state index >= 15 is 0 Å². The lowest BCUT2D eigenvalue weighted by Gasteiger charge is -2.21. The molecule has 0 saturated heterocycles. The summed E-state index contributed by atoms with van der Waals surface area (Å²) in [5, 5.41) is 11.9. The second-order valence-electron chi connectivity index (χ2n) is 6.56. The Morgan fingerprint density at radius 3 is 2.11 bits per heavy atom. The summed E-state index contributed by atoms with van der Waals surface area (Å²) in [6.45, 7) is 3.66. The molecule has 0 saturated carbocycles. The van der Waals surface area contributed by atoms with Gasteiger partial charge in [0.15, 0.2) is 0 Å². The summed E-state index contributed by atoms with van der Waals surface area (Å²) in [5.41, 5.74) is 1.83. The van der Waals surface area contributed by atoms with E-state index in [1.165, 1.54) is 4.90 Å². The molecule has 0 fully saturated rings. The van der Waals surface area contributed by atoms with Gasteiger partial charge in [-0.1, -0.05) is 30.3 Å². The monoisotopic (exact) mass is 368 g/mol. The van der Waals surface area contributed by atoms with Gasteiger partial charge >= 0.3 is 5.97 Å². The van der Waals surface area contributed by atoms with Crippen molar-refractivity contribution in [2.45, 2.75) is 26.3 Å². The third kappa shape index (κ3) is 6.26. The van der Waals surface area contributed by atoms with Crippen molar-refractivity contribution in [3.05, 3.63) is 71.3 Å². The van der Waals surface area contributed by atoms with Gasteiger partial charge in [-0.15, -0.1) is 0 Å². The average Bonchev–Trinajstić information content (AvgIpc) is 2.64. The molecule has 0 aliphatic carbocycles. The highest BCUT2D eigenvalue weighted by molar-refractivity contribution is 5.98. The molecular formula is C21H24N2O4. The van der Waals surface area contributed by atoms with E-state index in [9.17, 15) is 14.4 Å². The van der Waals surface area contributed by atoms with Crippen LogP contribution in [0, 0.1) is 0 Å². The van der Waals surface area contributed by atoms with Gasteiger partial charge in [0.2, 0.25) is 0 Å². The number of amides is 2. The maximum atomic E-state index is 12.7. The molecule has 0 spiro atoms. The molecule has 142 valence electrons. The van der Waals surface area contributed by atoms with E-state index in [0.717, 1.165) is 5.56 Å². The molecule has 2 amide bonds. The molecule has 6 heteroatoms. The summed E-state index contributed by atoms with van der Waals surface area (Å²) in [5.74, 6) is -1.65. The van der Waals surface area contributed by atoms with E-state index in [4.69, 9.17) is 5.11 Å². The fourth-order valence-corrected chi connectivity index (χ4v) is 2.62. The minimum Gasteiger partial charge on any atom is -0.480 e. The van der Waals surface area contributed by atoms with E-state index in [-0.39, 0.29) is 24.4 Å². The largest absolute Gasteiger partial charge is 0.480 e. The van der Waals surface area contributed by atoms with Crippen LogP contribution >= 0.6 is 0 Å². The summed E-state index contributed by atoms with van der Waals surface area (Å²) in [6.07, 6.45) is 0.564. The van der Waals surface area contributed by atoms with Gasteiger partial charge in [-0.3, -0.25) is 14.4 Å². The molecule has 6 nitrogen and oxygen atoms in total. The van der Waals surface area contributed by atoms with E-state index < -0.39 is 5.97 Å². The second kappa shape index (κ2) is 9.52. The van der Waals surface area contributed by atoms with Crippen molar-refractivity contribution < 1.29 is 19.5 Å². The van der Waals surface area contributed by atoms with Gasteiger partial charge in [0.1, 0.15) is 6.54 Å². The van der Waals surface area contributed by atoms with Gasteiger partial charge < -0.3 is 15.3 Å². The van der Waals surface area contributed by atoms with Crippen LogP contribution in [0.15, 0.2) is 54.6 Å². The summed E-state index contributed by atoms with van der Waals surface area (Å²) in [7, 11) is 0. The van der Waals surface area contributed by atoms with Crippen LogP contribution in [0.3, 0.4) is 0 Å². The number of hydrogen-bond acceptors (Lipinski definition) is 3. The smallest absolute Gasteiger partial charge is 0.323 e. The Bertz CT molecular complexity index is 786. The molecule has 0 radical (unpaired) electrons. The predicted octanol–water partition coefficient (Wildman–Crippen LogP) is 2.59. The first-order valence-electron chi connectivity index (χ1n) is 8.82. The predicted molar refractivity (Wildman–Crippen MR) is 103 cm³/mol. The molecule has 0 atom stereocenters. The summed E-state index contributed by atoms with van der Waals surface area (Å²) >= 11 is 0. The Kier molecular flexibility index (Phi) is 7.11. The Balaban J connectivity index is 2.09. The van der Waals surface area contributed by atoms with Crippen molar-refractivity contribution in [3.8, 4) is 0 Å². The highest BCUT2D eigenvalue weighted by atomic mass is 16.4. The number of rotatable bonds is 8. The molecule has 2 rings (SSSR count). The SMILES string of the molecule is CC(C)NC(=O)c1ccc(C(=O)N(CCc2ccccc2)CC(=O)O)cc1. The van der Waals surface area contributed by atoms with E-state index in [2.05, 4.69) is 5.32 Å². The van der Waals surface area contributed by atoms with Crippen molar-refractivity contribution in [1.82, 2.24) is 10.2 Å². The Labute approximate surface area is 158 Å². The second-order valence-corrected chi connectivity index (χ2v) is 6.56. The minimum absolute atomic E-state index is 0.0165. The van der Waals surface area contributed by atoms with E-state index in [1.807, 2.05) is 44.2 Å². The maximum Gasteiger partial charge on any atom is 0.323 e. The van der Waals surface area contributed by atoms with Crippen molar-refractivity contribution in [2.75, 3.05) is 13.1 Å². The molecule has 0 heterocycles. The van der Waals surface area contributed by atoms with Crippen LogP contribution in [-0.2, 0) is 11.2 Å². The number of carboxylic acid groups (broad SMARTS) is 1. The molecule has 0 unspecified atom stereocenters. The first-order chi connectivity index (χ1) is 12.9. The van der Waals surface area contributed by atoms with E-state index in [0.29, 0.717) is 24.1 Å². The van der Waals surface area contributed by atoms with Crippen molar-refractivity contribution in [1.29, 1.82) is 0 Å². The third-order valence-corrected chi connectivity index (χ3v) is 3.94. The topological polar surface area (TPSA) is 86.7 Å². The number of carbonyl (C=O) groups is 3. The fraction of sp³-hybridized carbons (Fsp3) is 0.286. The van der Waals surface area contributed by atoms with E-state index in [1.54, 1.807) is 24.3 Å². The number of carboxylic acids is 1. The number of hydrogen-bond donors (Lipinski definition) is 2. The van der Waals surface area contributed by atoms with Crippen LogP contribution in [0.4, 0.5) is 0 Å². The molecule has 2 aromatic rings. The van der Waals surface area contributed by atoms with Gasteiger partial charge in [-0.2, -0.15) is 0 Å². The zero-order valence-electron chi connectivity index (χ0n) is 15.5. The number of carbonyl (C=O) groups excluding carboxylic acids is 2. The zero-order chi connectivity index (χ0) is 19.8. The number of benzene rings is 2. The van der Waals surface area contributed by atoms with Gasteiger partial charge in [0, 0.05) is 23.7 Å². The lowest BCUT2D eigenvalue weighted by Crippen LogP contribution is -2.37. The molecule has 0 aromatic heterocycles. The van der Waals surface area contributed by atoms with Gasteiger partial charge in [0.05, 0.1) is 0 Å². The molecule has 0 aliphatic rings. The number of aliphatic carboxylic acids is 1. The Hall–Kier alpha value is -3.15. The fourth-order valence-electron chi connectivity index (χ4n) is 2.62. The maximum absolute atomic E-state index is 12.7. The first-order valence-corrected chi connectivity index (χ1v) is 8.82. The van der Waals surface area contributed by atoms with Crippen LogP contribution in [-0.4, -0.2) is 46.9 Å². The normalized spacial score (nSPS) is 10.5. The number of nitrogens with one attached hydrogen (secondary N) is 1. The van der Waals surface area contributed by atoms with Gasteiger partial charge in [-0.05, 0) is 50.1 Å². The minimum atomic E-state index is -1.07. The summed E-state index contributed by atoms with van der Waals surface area (Å²) in [6, 6.07) is 15.8. The Morgan fingerprint density at radius 2 is 1.56 bits per heavy atom. The zero-order valence-corrected chi connectivity index (χ0v) is 15.5. The van der Waals surface area contributed by atoms with Crippen LogP contribution in [0.2, 0.25) is 0 Å². The molecule has 2 aromatic carbocycles. The molecular weight excluding hydrogens is 344 g/mol. The highest BCUT2D eigenvalue weighted by Crippen LogP contribution is 2.10. The molecule has 0 bridgehead atoms. The van der Waals surface area contributed by atoms with Crippen LogP contribution in [0.5, 0.6) is 0 Å². The third-order valence-electron chi connectivity index (χ3n) is 3.94. The van der Waals surface area contributed by atoms with Crippen molar-refractivity contribution in [3.63, 3.8) is 0 Å². The van der Waals surface area contributed by atoms with Crippen LogP contribution < -0.4 is 5.32 Å².